The van der Waals surface area contributed by atoms with Crippen LogP contribution in [0.3, 0.4) is 0 Å². The fourth-order valence-electron chi connectivity index (χ4n) is 2.54. The molecule has 0 aliphatic rings. The summed E-state index contributed by atoms with van der Waals surface area (Å²) in [5.41, 5.74) is 3.90. The predicted octanol–water partition coefficient (Wildman–Crippen LogP) is 2.63. The van der Waals surface area contributed by atoms with Crippen molar-refractivity contribution >= 4 is 28.6 Å². The average molecular weight is 306 g/mol. The van der Waals surface area contributed by atoms with E-state index >= 15 is 0 Å². The number of aryl methyl sites for hydroxylation is 2. The van der Waals surface area contributed by atoms with Crippen molar-refractivity contribution in [3.8, 4) is 0 Å². The number of hydrogen-bond donors (Lipinski definition) is 3. The number of benzene rings is 1. The number of carbonyl (C=O) groups is 1. The van der Waals surface area contributed by atoms with Crippen LogP contribution in [-0.4, -0.2) is 40.7 Å². The molecule has 2 aromatic rings. The molecule has 3 N–H and O–H groups in total. The van der Waals surface area contributed by atoms with E-state index < -0.39 is 0 Å². The van der Waals surface area contributed by atoms with Crippen molar-refractivity contribution in [3.63, 3.8) is 0 Å². The Bertz CT molecular complexity index is 630. The molecule has 0 fully saturated rings. The Balaban J connectivity index is 2.21. The van der Waals surface area contributed by atoms with Crippen molar-refractivity contribution in [3.05, 3.63) is 35.0 Å². The standard InChI is InChI=1S/C16H22N2O2S/c1-10-6-11(2)13-8-15(18-14(13)7-10)16(20)17-12(4-5-19)9-21-3/h6-8,12,18-19H,4-5,9H2,1-3H3,(H,17,20). The normalized spacial score (nSPS) is 12.6. The number of amides is 1. The maximum Gasteiger partial charge on any atom is 0.267 e. The fourth-order valence-corrected chi connectivity index (χ4v) is 3.19. The van der Waals surface area contributed by atoms with Crippen molar-refractivity contribution in [1.82, 2.24) is 10.3 Å². The third kappa shape index (κ3) is 3.80. The van der Waals surface area contributed by atoms with E-state index in [2.05, 4.69) is 16.4 Å². The largest absolute Gasteiger partial charge is 0.396 e. The molecule has 4 nitrogen and oxygen atoms in total. The molecule has 1 aromatic heterocycles. The quantitative estimate of drug-likeness (QED) is 0.768. The molecular weight excluding hydrogens is 284 g/mol. The number of aliphatic hydroxyl groups is 1. The lowest BCUT2D eigenvalue weighted by molar-refractivity contribution is 0.0931. The minimum atomic E-state index is -0.115. The Morgan fingerprint density at radius 2 is 2.14 bits per heavy atom. The van der Waals surface area contributed by atoms with Gasteiger partial charge in [0, 0.05) is 29.3 Å². The molecule has 0 aliphatic heterocycles. The molecule has 0 saturated heterocycles. The fraction of sp³-hybridized carbons (Fsp3) is 0.438. The Kier molecular flexibility index (Phi) is 5.31. The van der Waals surface area contributed by atoms with E-state index in [0.29, 0.717) is 12.1 Å². The van der Waals surface area contributed by atoms with E-state index in [1.165, 1.54) is 5.56 Å². The first-order valence-electron chi connectivity index (χ1n) is 7.05. The van der Waals surface area contributed by atoms with Gasteiger partial charge >= 0.3 is 0 Å². The summed E-state index contributed by atoms with van der Waals surface area (Å²) in [6.07, 6.45) is 2.57. The average Bonchev–Trinajstić information content (AvgIpc) is 2.83. The van der Waals surface area contributed by atoms with Gasteiger partial charge in [-0.2, -0.15) is 11.8 Å². The summed E-state index contributed by atoms with van der Waals surface area (Å²) in [6.45, 7) is 4.17. The van der Waals surface area contributed by atoms with E-state index in [4.69, 9.17) is 5.11 Å². The lowest BCUT2D eigenvalue weighted by atomic mass is 10.1. The first kappa shape index (κ1) is 15.9. The molecule has 0 radical (unpaired) electrons. The topological polar surface area (TPSA) is 65.1 Å². The van der Waals surface area contributed by atoms with Gasteiger partial charge in [0.25, 0.3) is 5.91 Å². The molecule has 1 atom stereocenters. The van der Waals surface area contributed by atoms with E-state index in [9.17, 15) is 4.79 Å². The number of nitrogens with one attached hydrogen (secondary N) is 2. The monoisotopic (exact) mass is 306 g/mol. The molecule has 0 aliphatic carbocycles. The molecule has 0 bridgehead atoms. The van der Waals surface area contributed by atoms with Gasteiger partial charge in [-0.25, -0.2) is 0 Å². The zero-order valence-corrected chi connectivity index (χ0v) is 13.5. The number of hydrogen-bond acceptors (Lipinski definition) is 3. The maximum absolute atomic E-state index is 12.3. The zero-order valence-electron chi connectivity index (χ0n) is 12.7. The van der Waals surface area contributed by atoms with Gasteiger partial charge in [0.05, 0.1) is 0 Å². The van der Waals surface area contributed by atoms with Crippen LogP contribution in [0.15, 0.2) is 18.2 Å². The molecular formula is C16H22N2O2S. The molecule has 1 heterocycles. The highest BCUT2D eigenvalue weighted by atomic mass is 32.2. The molecule has 1 aromatic carbocycles. The molecule has 1 amide bonds. The van der Waals surface area contributed by atoms with Crippen molar-refractivity contribution < 1.29 is 9.90 Å². The van der Waals surface area contributed by atoms with Crippen LogP contribution >= 0.6 is 11.8 Å². The SMILES string of the molecule is CSCC(CCO)NC(=O)c1cc2c(C)cc(C)cc2[nH]1. The Morgan fingerprint density at radius 1 is 1.38 bits per heavy atom. The molecule has 1 unspecified atom stereocenters. The van der Waals surface area contributed by atoms with Crippen LogP contribution in [0, 0.1) is 13.8 Å². The van der Waals surface area contributed by atoms with E-state index in [1.807, 2.05) is 32.2 Å². The first-order valence-corrected chi connectivity index (χ1v) is 8.45. The van der Waals surface area contributed by atoms with E-state index in [0.717, 1.165) is 22.2 Å². The second-order valence-corrected chi connectivity index (χ2v) is 6.27. The van der Waals surface area contributed by atoms with Crippen LogP contribution in [0.4, 0.5) is 0 Å². The van der Waals surface area contributed by atoms with Crippen LogP contribution in [0.2, 0.25) is 0 Å². The Morgan fingerprint density at radius 3 is 2.81 bits per heavy atom. The van der Waals surface area contributed by atoms with Gasteiger partial charge in [-0.1, -0.05) is 6.07 Å². The summed E-state index contributed by atoms with van der Waals surface area (Å²) < 4.78 is 0. The summed E-state index contributed by atoms with van der Waals surface area (Å²) in [5, 5.41) is 13.1. The number of aromatic amines is 1. The van der Waals surface area contributed by atoms with Crippen molar-refractivity contribution in [2.24, 2.45) is 0 Å². The van der Waals surface area contributed by atoms with Gasteiger partial charge in [-0.15, -0.1) is 0 Å². The molecule has 5 heteroatoms. The Hall–Kier alpha value is -1.46. The number of aromatic nitrogens is 1. The summed E-state index contributed by atoms with van der Waals surface area (Å²) in [7, 11) is 0. The lowest BCUT2D eigenvalue weighted by Gasteiger charge is -2.15. The van der Waals surface area contributed by atoms with Gasteiger partial charge < -0.3 is 15.4 Å². The van der Waals surface area contributed by atoms with Crippen molar-refractivity contribution in [1.29, 1.82) is 0 Å². The van der Waals surface area contributed by atoms with Crippen LogP contribution in [0.1, 0.15) is 28.0 Å². The summed E-state index contributed by atoms with van der Waals surface area (Å²) in [4.78, 5) is 15.5. The molecule has 0 saturated carbocycles. The number of thioether (sulfide) groups is 1. The van der Waals surface area contributed by atoms with Crippen molar-refractivity contribution in [2.75, 3.05) is 18.6 Å². The van der Waals surface area contributed by atoms with E-state index in [1.54, 1.807) is 11.8 Å². The van der Waals surface area contributed by atoms with Crippen LogP contribution in [0.25, 0.3) is 10.9 Å². The predicted molar refractivity (Wildman–Crippen MR) is 89.1 cm³/mol. The van der Waals surface area contributed by atoms with Gasteiger partial charge in [0.15, 0.2) is 0 Å². The second kappa shape index (κ2) is 7.00. The Labute approximate surface area is 129 Å². The van der Waals surface area contributed by atoms with E-state index in [-0.39, 0.29) is 18.6 Å². The highest BCUT2D eigenvalue weighted by molar-refractivity contribution is 7.98. The second-order valence-electron chi connectivity index (χ2n) is 5.36. The molecule has 2 rings (SSSR count). The molecule has 114 valence electrons. The third-order valence-corrected chi connectivity index (χ3v) is 4.25. The minimum Gasteiger partial charge on any atom is -0.396 e. The number of H-pyrrole nitrogens is 1. The van der Waals surface area contributed by atoms with Gasteiger partial charge in [-0.05, 0) is 49.8 Å². The number of carbonyl (C=O) groups excluding carboxylic acids is 1. The van der Waals surface area contributed by atoms with Crippen LogP contribution in [-0.2, 0) is 0 Å². The zero-order chi connectivity index (χ0) is 15.4. The number of aliphatic hydroxyl groups excluding tert-OH is 1. The smallest absolute Gasteiger partial charge is 0.267 e. The van der Waals surface area contributed by atoms with Gasteiger partial charge in [-0.3, -0.25) is 4.79 Å². The summed E-state index contributed by atoms with van der Waals surface area (Å²) in [6, 6.07) is 6.05. The number of rotatable bonds is 6. The lowest BCUT2D eigenvalue weighted by Crippen LogP contribution is -2.37. The highest BCUT2D eigenvalue weighted by Crippen LogP contribution is 2.21. The number of fused-ring (bicyclic) bond motifs is 1. The van der Waals surface area contributed by atoms with Crippen molar-refractivity contribution in [2.45, 2.75) is 26.3 Å². The minimum absolute atomic E-state index is 0.00764. The summed E-state index contributed by atoms with van der Waals surface area (Å²) >= 11 is 1.66. The molecule has 0 spiro atoms. The van der Waals surface area contributed by atoms with Gasteiger partial charge in [0.1, 0.15) is 5.69 Å². The maximum atomic E-state index is 12.3. The van der Waals surface area contributed by atoms with Crippen LogP contribution in [0.5, 0.6) is 0 Å². The molecule has 21 heavy (non-hydrogen) atoms. The summed E-state index contributed by atoms with van der Waals surface area (Å²) in [5.74, 6) is 0.681. The highest BCUT2D eigenvalue weighted by Gasteiger charge is 2.15. The third-order valence-electron chi connectivity index (χ3n) is 3.51. The van der Waals surface area contributed by atoms with Crippen LogP contribution < -0.4 is 5.32 Å². The first-order chi connectivity index (χ1) is 10.0. The van der Waals surface area contributed by atoms with Gasteiger partial charge in [0.2, 0.25) is 0 Å².